The Kier molecular flexibility index (Phi) is 8.11. The highest BCUT2D eigenvalue weighted by Crippen LogP contribution is 2.45. The average Bonchev–Trinajstić information content (AvgIpc) is 3.49. The van der Waals surface area contributed by atoms with Crippen LogP contribution in [0.15, 0.2) is 72.3 Å². The molecule has 0 aliphatic carbocycles. The van der Waals surface area contributed by atoms with Gasteiger partial charge >= 0.3 is 5.91 Å². The van der Waals surface area contributed by atoms with Crippen LogP contribution < -0.4 is 14.4 Å². The summed E-state index contributed by atoms with van der Waals surface area (Å²) in [5.74, 6) is -1.18. The van der Waals surface area contributed by atoms with Gasteiger partial charge in [-0.15, -0.1) is 0 Å². The third-order valence-corrected chi connectivity index (χ3v) is 7.66. The molecule has 1 N–H and O–H groups in total. The van der Waals surface area contributed by atoms with Crippen molar-refractivity contribution in [3.05, 3.63) is 89.2 Å². The van der Waals surface area contributed by atoms with Crippen LogP contribution >= 0.6 is 11.3 Å². The number of Topliss-reactive ketones (excluding diaryl/α,β-unsaturated/α-hetero) is 1. The number of hydrogen-bond donors (Lipinski definition) is 1. The number of aliphatic hydroxyl groups excluding tert-OH is 1. The summed E-state index contributed by atoms with van der Waals surface area (Å²) in [6.45, 7) is 5.12. The number of nitrogens with zero attached hydrogens (tertiary/aromatic N) is 2. The molecule has 1 unspecified atom stereocenters. The van der Waals surface area contributed by atoms with Gasteiger partial charge in [-0.3, -0.25) is 14.5 Å². The number of halogens is 1. The van der Waals surface area contributed by atoms with E-state index in [0.29, 0.717) is 40.9 Å². The van der Waals surface area contributed by atoms with Gasteiger partial charge < -0.3 is 14.6 Å². The van der Waals surface area contributed by atoms with Gasteiger partial charge in [-0.05, 0) is 73.5 Å². The molecule has 4 aromatic rings. The smallest absolute Gasteiger partial charge is 0.301 e. The number of hydrogen-bond acceptors (Lipinski definition) is 7. The Bertz CT molecular complexity index is 1560. The van der Waals surface area contributed by atoms with Crippen LogP contribution in [0.5, 0.6) is 11.5 Å². The summed E-state index contributed by atoms with van der Waals surface area (Å²) in [5, 5.41) is 11.6. The number of carbonyl (C=O) groups is 2. The van der Waals surface area contributed by atoms with Crippen molar-refractivity contribution in [3.8, 4) is 11.5 Å². The summed E-state index contributed by atoms with van der Waals surface area (Å²) in [4.78, 5) is 32.9. The molecule has 0 saturated carbocycles. The van der Waals surface area contributed by atoms with Gasteiger partial charge in [0.2, 0.25) is 0 Å². The molecule has 1 atom stereocenters. The quantitative estimate of drug-likeness (QED) is 0.0970. The Labute approximate surface area is 235 Å². The van der Waals surface area contributed by atoms with Crippen LogP contribution in [0.4, 0.5) is 9.52 Å². The van der Waals surface area contributed by atoms with E-state index in [4.69, 9.17) is 9.47 Å². The largest absolute Gasteiger partial charge is 0.507 e. The maximum Gasteiger partial charge on any atom is 0.301 e. The van der Waals surface area contributed by atoms with Crippen molar-refractivity contribution < 1.29 is 28.6 Å². The second kappa shape index (κ2) is 11.9. The van der Waals surface area contributed by atoms with Crippen LogP contribution in [0.2, 0.25) is 0 Å². The molecule has 0 radical (unpaired) electrons. The van der Waals surface area contributed by atoms with Crippen molar-refractivity contribution >= 4 is 44.1 Å². The van der Waals surface area contributed by atoms with Crippen LogP contribution in [0.1, 0.15) is 50.3 Å². The number of amides is 1. The van der Waals surface area contributed by atoms with Crippen LogP contribution in [0.3, 0.4) is 0 Å². The molecule has 206 valence electrons. The van der Waals surface area contributed by atoms with Crippen molar-refractivity contribution in [1.29, 1.82) is 0 Å². The number of carbonyl (C=O) groups excluding carboxylic acids is 2. The van der Waals surface area contributed by atoms with Crippen LogP contribution in [-0.2, 0) is 9.59 Å². The number of anilines is 1. The number of fused-ring (bicyclic) bond motifs is 1. The third kappa shape index (κ3) is 5.42. The molecule has 0 spiro atoms. The van der Waals surface area contributed by atoms with Gasteiger partial charge in [-0.25, -0.2) is 9.37 Å². The van der Waals surface area contributed by atoms with Gasteiger partial charge in [-0.1, -0.05) is 43.2 Å². The second-order valence-electron chi connectivity index (χ2n) is 9.36. The van der Waals surface area contributed by atoms with E-state index in [1.807, 2.05) is 13.0 Å². The number of benzene rings is 3. The van der Waals surface area contributed by atoms with Gasteiger partial charge in [0, 0.05) is 5.56 Å². The lowest BCUT2D eigenvalue weighted by molar-refractivity contribution is -0.132. The summed E-state index contributed by atoms with van der Waals surface area (Å²) >= 11 is 1.25. The third-order valence-electron chi connectivity index (χ3n) is 6.64. The van der Waals surface area contributed by atoms with Crippen LogP contribution in [0, 0.1) is 5.82 Å². The molecule has 7 nitrogen and oxygen atoms in total. The van der Waals surface area contributed by atoms with E-state index in [2.05, 4.69) is 11.9 Å². The summed E-state index contributed by atoms with van der Waals surface area (Å²) in [7, 11) is 0. The first-order valence-corrected chi connectivity index (χ1v) is 14.1. The zero-order valence-corrected chi connectivity index (χ0v) is 23.0. The van der Waals surface area contributed by atoms with Gasteiger partial charge in [0.25, 0.3) is 5.78 Å². The lowest BCUT2D eigenvalue weighted by Crippen LogP contribution is -2.29. The highest BCUT2D eigenvalue weighted by Gasteiger charge is 2.48. The van der Waals surface area contributed by atoms with E-state index in [1.165, 1.54) is 40.5 Å². The molecule has 2 heterocycles. The van der Waals surface area contributed by atoms with Crippen molar-refractivity contribution in [3.63, 3.8) is 0 Å². The number of ketones is 1. The highest BCUT2D eigenvalue weighted by atomic mass is 32.1. The summed E-state index contributed by atoms with van der Waals surface area (Å²) in [5.41, 5.74) is 1.38. The van der Waals surface area contributed by atoms with E-state index < -0.39 is 23.5 Å². The zero-order valence-electron chi connectivity index (χ0n) is 22.2. The first-order chi connectivity index (χ1) is 19.4. The second-order valence-corrected chi connectivity index (χ2v) is 10.4. The van der Waals surface area contributed by atoms with E-state index >= 15 is 0 Å². The number of ether oxygens (including phenoxy) is 2. The Balaban J connectivity index is 1.59. The molecule has 1 aliphatic heterocycles. The number of unbranched alkanes of at least 4 members (excludes halogenated alkanes) is 2. The predicted molar refractivity (Wildman–Crippen MR) is 153 cm³/mol. The average molecular weight is 561 g/mol. The first kappa shape index (κ1) is 27.3. The number of thiazole rings is 1. The van der Waals surface area contributed by atoms with Gasteiger partial charge in [-0.2, -0.15) is 0 Å². The fourth-order valence-corrected chi connectivity index (χ4v) is 5.67. The highest BCUT2D eigenvalue weighted by molar-refractivity contribution is 7.22. The summed E-state index contributed by atoms with van der Waals surface area (Å²) in [6.07, 6.45) is 3.11. The Morgan fingerprint density at radius 3 is 2.40 bits per heavy atom. The van der Waals surface area contributed by atoms with Crippen LogP contribution in [-0.4, -0.2) is 35.0 Å². The molecule has 40 heavy (non-hydrogen) atoms. The zero-order chi connectivity index (χ0) is 28.2. The lowest BCUT2D eigenvalue weighted by atomic mass is 9.95. The molecule has 3 aromatic carbocycles. The molecule has 1 saturated heterocycles. The van der Waals surface area contributed by atoms with Crippen LogP contribution in [0.25, 0.3) is 16.0 Å². The standard InChI is InChI=1S/C31H29FN2O5S/c1-3-5-6-17-39-22-13-9-19(10-14-22)27-26(28(35)20-7-11-21(32)12-8-20)29(36)30(37)34(27)31-33-24-16-15-23(38-4-2)18-25(24)40-31/h7-16,18,27,35H,3-6,17H2,1-2H3. The van der Waals surface area contributed by atoms with E-state index in [1.54, 1.807) is 36.4 Å². The first-order valence-electron chi connectivity index (χ1n) is 13.2. The van der Waals surface area contributed by atoms with E-state index in [-0.39, 0.29) is 16.9 Å². The monoisotopic (exact) mass is 560 g/mol. The molecule has 9 heteroatoms. The van der Waals surface area contributed by atoms with E-state index in [0.717, 1.165) is 24.0 Å². The molecule has 1 aromatic heterocycles. The molecular formula is C31H29FN2O5S. The molecular weight excluding hydrogens is 531 g/mol. The molecule has 1 amide bonds. The normalized spacial score (nSPS) is 16.6. The fraction of sp³-hybridized carbons (Fsp3) is 0.258. The number of aromatic nitrogens is 1. The maximum absolute atomic E-state index is 13.6. The van der Waals surface area contributed by atoms with Gasteiger partial charge in [0.05, 0.1) is 35.0 Å². The fourth-order valence-electron chi connectivity index (χ4n) is 4.65. The Hall–Kier alpha value is -4.24. The van der Waals surface area contributed by atoms with Gasteiger partial charge in [0.1, 0.15) is 23.1 Å². The molecule has 1 fully saturated rings. The summed E-state index contributed by atoms with van der Waals surface area (Å²) in [6, 6.07) is 16.7. The Morgan fingerprint density at radius 1 is 0.975 bits per heavy atom. The van der Waals surface area contributed by atoms with E-state index in [9.17, 15) is 19.1 Å². The lowest BCUT2D eigenvalue weighted by Gasteiger charge is -2.23. The van der Waals surface area contributed by atoms with Crippen molar-refractivity contribution in [2.24, 2.45) is 0 Å². The molecule has 0 bridgehead atoms. The predicted octanol–water partition coefficient (Wildman–Crippen LogP) is 7.03. The minimum atomic E-state index is -0.953. The van der Waals surface area contributed by atoms with Crippen molar-refractivity contribution in [1.82, 2.24) is 4.98 Å². The van der Waals surface area contributed by atoms with Crippen molar-refractivity contribution in [2.45, 2.75) is 39.2 Å². The number of rotatable bonds is 10. The minimum Gasteiger partial charge on any atom is -0.507 e. The topological polar surface area (TPSA) is 89.0 Å². The Morgan fingerprint density at radius 2 is 1.70 bits per heavy atom. The van der Waals surface area contributed by atoms with Crippen molar-refractivity contribution in [2.75, 3.05) is 18.1 Å². The minimum absolute atomic E-state index is 0.0949. The number of aliphatic hydroxyl groups is 1. The molecule has 5 rings (SSSR count). The van der Waals surface area contributed by atoms with Gasteiger partial charge in [0.15, 0.2) is 5.13 Å². The summed E-state index contributed by atoms with van der Waals surface area (Å²) < 4.78 is 25.8. The SMILES string of the molecule is CCCCCOc1ccc(C2C(=C(O)c3ccc(F)cc3)C(=O)C(=O)N2c2nc3ccc(OCC)cc3s2)cc1. The maximum atomic E-state index is 13.6. The molecule has 1 aliphatic rings.